The van der Waals surface area contributed by atoms with E-state index in [1.807, 2.05) is 63.2 Å². The molecule has 0 aromatic heterocycles. The maximum absolute atomic E-state index is 12.0. The predicted molar refractivity (Wildman–Crippen MR) is 84.9 cm³/mol. The van der Waals surface area contributed by atoms with Crippen molar-refractivity contribution < 1.29 is 9.53 Å². The molecular formula is C18H21NO2. The molecule has 0 aliphatic carbocycles. The summed E-state index contributed by atoms with van der Waals surface area (Å²) in [5.41, 5.74) is 4.10. The monoisotopic (exact) mass is 283 g/mol. The average molecular weight is 283 g/mol. The second kappa shape index (κ2) is 6.93. The third-order valence-electron chi connectivity index (χ3n) is 3.51. The van der Waals surface area contributed by atoms with Gasteiger partial charge in [0, 0.05) is 5.56 Å². The van der Waals surface area contributed by atoms with Gasteiger partial charge in [0.1, 0.15) is 12.4 Å². The molecule has 0 saturated heterocycles. The summed E-state index contributed by atoms with van der Waals surface area (Å²) < 4.78 is 5.65. The number of ether oxygens (including phenoxy) is 1. The van der Waals surface area contributed by atoms with Crippen molar-refractivity contribution in [2.45, 2.75) is 20.8 Å². The van der Waals surface area contributed by atoms with E-state index in [0.29, 0.717) is 18.7 Å². The van der Waals surface area contributed by atoms with Crippen LogP contribution in [-0.2, 0) is 0 Å². The summed E-state index contributed by atoms with van der Waals surface area (Å²) in [7, 11) is 0. The predicted octanol–water partition coefficient (Wildman–Crippen LogP) is 3.42. The highest BCUT2D eigenvalue weighted by Gasteiger charge is 2.06. The molecule has 21 heavy (non-hydrogen) atoms. The SMILES string of the molecule is Cc1ccc(C(=O)NCCOc2ccccc2C)cc1C. The Bertz CT molecular complexity index is 635. The molecule has 3 nitrogen and oxygen atoms in total. The standard InChI is InChI=1S/C18H21NO2/c1-13-8-9-16(12-15(13)3)18(20)19-10-11-21-17-7-5-4-6-14(17)2/h4-9,12H,10-11H2,1-3H3,(H,19,20). The van der Waals surface area contributed by atoms with Gasteiger partial charge in [0.15, 0.2) is 0 Å². The van der Waals surface area contributed by atoms with Crippen LogP contribution in [0.4, 0.5) is 0 Å². The Morgan fingerprint density at radius 3 is 2.48 bits per heavy atom. The number of hydrogen-bond acceptors (Lipinski definition) is 2. The first-order valence-electron chi connectivity index (χ1n) is 7.12. The van der Waals surface area contributed by atoms with E-state index in [9.17, 15) is 4.79 Å². The molecule has 2 aromatic carbocycles. The van der Waals surface area contributed by atoms with E-state index in [2.05, 4.69) is 5.32 Å². The zero-order valence-electron chi connectivity index (χ0n) is 12.8. The molecule has 2 aromatic rings. The van der Waals surface area contributed by atoms with E-state index in [0.717, 1.165) is 16.9 Å². The van der Waals surface area contributed by atoms with Crippen molar-refractivity contribution >= 4 is 5.91 Å². The summed E-state index contributed by atoms with van der Waals surface area (Å²) in [5, 5.41) is 2.87. The average Bonchev–Trinajstić information content (AvgIpc) is 2.48. The van der Waals surface area contributed by atoms with Gasteiger partial charge in [-0.1, -0.05) is 24.3 Å². The second-order valence-electron chi connectivity index (χ2n) is 5.17. The van der Waals surface area contributed by atoms with Gasteiger partial charge in [-0.15, -0.1) is 0 Å². The highest BCUT2D eigenvalue weighted by molar-refractivity contribution is 5.94. The van der Waals surface area contributed by atoms with E-state index in [1.165, 1.54) is 5.56 Å². The van der Waals surface area contributed by atoms with Crippen LogP contribution in [0.15, 0.2) is 42.5 Å². The van der Waals surface area contributed by atoms with Crippen LogP contribution in [0.5, 0.6) is 5.75 Å². The molecule has 3 heteroatoms. The minimum absolute atomic E-state index is 0.0634. The number of nitrogens with one attached hydrogen (secondary N) is 1. The molecule has 0 fully saturated rings. The van der Waals surface area contributed by atoms with Gasteiger partial charge in [0.25, 0.3) is 5.91 Å². The summed E-state index contributed by atoms with van der Waals surface area (Å²) in [6.45, 7) is 6.99. The number of hydrogen-bond donors (Lipinski definition) is 1. The summed E-state index contributed by atoms with van der Waals surface area (Å²) in [4.78, 5) is 12.0. The van der Waals surface area contributed by atoms with E-state index in [-0.39, 0.29) is 5.91 Å². The van der Waals surface area contributed by atoms with Crippen LogP contribution < -0.4 is 10.1 Å². The lowest BCUT2D eigenvalue weighted by Gasteiger charge is -2.10. The van der Waals surface area contributed by atoms with E-state index < -0.39 is 0 Å². The third-order valence-corrected chi connectivity index (χ3v) is 3.51. The molecule has 0 aliphatic heterocycles. The molecule has 0 saturated carbocycles. The van der Waals surface area contributed by atoms with Crippen LogP contribution in [0.25, 0.3) is 0 Å². The summed E-state index contributed by atoms with van der Waals surface area (Å²) in [6, 6.07) is 13.6. The largest absolute Gasteiger partial charge is 0.491 e. The molecule has 1 N–H and O–H groups in total. The van der Waals surface area contributed by atoms with Crippen LogP contribution in [0.3, 0.4) is 0 Å². The van der Waals surface area contributed by atoms with Crippen LogP contribution in [0.2, 0.25) is 0 Å². The molecule has 0 bridgehead atoms. The number of carbonyl (C=O) groups is 1. The lowest BCUT2D eigenvalue weighted by atomic mass is 10.1. The van der Waals surface area contributed by atoms with Crippen LogP contribution in [0.1, 0.15) is 27.0 Å². The smallest absolute Gasteiger partial charge is 0.251 e. The lowest BCUT2D eigenvalue weighted by Crippen LogP contribution is -2.28. The topological polar surface area (TPSA) is 38.3 Å². The summed E-state index contributed by atoms with van der Waals surface area (Å²) >= 11 is 0. The van der Waals surface area contributed by atoms with Crippen LogP contribution in [-0.4, -0.2) is 19.1 Å². The van der Waals surface area contributed by atoms with Crippen molar-refractivity contribution in [1.82, 2.24) is 5.32 Å². The van der Waals surface area contributed by atoms with Gasteiger partial charge in [-0.25, -0.2) is 0 Å². The Labute approximate surface area is 126 Å². The minimum atomic E-state index is -0.0634. The van der Waals surface area contributed by atoms with Crippen molar-refractivity contribution in [3.05, 3.63) is 64.7 Å². The highest BCUT2D eigenvalue weighted by atomic mass is 16.5. The number of rotatable bonds is 5. The first-order chi connectivity index (χ1) is 10.1. The summed E-state index contributed by atoms with van der Waals surface area (Å²) in [5.74, 6) is 0.796. The fourth-order valence-electron chi connectivity index (χ4n) is 2.03. The Morgan fingerprint density at radius 2 is 1.76 bits per heavy atom. The molecule has 1 amide bonds. The van der Waals surface area contributed by atoms with E-state index in [4.69, 9.17) is 4.74 Å². The van der Waals surface area contributed by atoms with Crippen LogP contribution >= 0.6 is 0 Å². The molecule has 110 valence electrons. The quantitative estimate of drug-likeness (QED) is 0.854. The molecule has 0 unspecified atom stereocenters. The second-order valence-corrected chi connectivity index (χ2v) is 5.17. The summed E-state index contributed by atoms with van der Waals surface area (Å²) in [6.07, 6.45) is 0. The first kappa shape index (κ1) is 15.1. The number of carbonyl (C=O) groups excluding carboxylic acids is 1. The fourth-order valence-corrected chi connectivity index (χ4v) is 2.03. The number of aryl methyl sites for hydroxylation is 3. The number of benzene rings is 2. The maximum Gasteiger partial charge on any atom is 0.251 e. The van der Waals surface area contributed by atoms with Crippen molar-refractivity contribution in [3.63, 3.8) is 0 Å². The maximum atomic E-state index is 12.0. The van der Waals surface area contributed by atoms with E-state index in [1.54, 1.807) is 0 Å². The number of amides is 1. The van der Waals surface area contributed by atoms with Crippen molar-refractivity contribution in [2.24, 2.45) is 0 Å². The van der Waals surface area contributed by atoms with Crippen LogP contribution in [0, 0.1) is 20.8 Å². The minimum Gasteiger partial charge on any atom is -0.491 e. The van der Waals surface area contributed by atoms with Gasteiger partial charge < -0.3 is 10.1 Å². The first-order valence-corrected chi connectivity index (χ1v) is 7.12. The molecule has 0 aliphatic rings. The van der Waals surface area contributed by atoms with Gasteiger partial charge in [0.2, 0.25) is 0 Å². The molecular weight excluding hydrogens is 262 g/mol. The molecule has 0 spiro atoms. The lowest BCUT2D eigenvalue weighted by molar-refractivity contribution is 0.0947. The Morgan fingerprint density at radius 1 is 1.00 bits per heavy atom. The molecule has 0 atom stereocenters. The van der Waals surface area contributed by atoms with Gasteiger partial charge in [-0.2, -0.15) is 0 Å². The van der Waals surface area contributed by atoms with Gasteiger partial charge in [-0.05, 0) is 55.7 Å². The third kappa shape index (κ3) is 4.09. The van der Waals surface area contributed by atoms with Gasteiger partial charge >= 0.3 is 0 Å². The molecule has 0 radical (unpaired) electrons. The highest BCUT2D eigenvalue weighted by Crippen LogP contribution is 2.15. The van der Waals surface area contributed by atoms with Crippen molar-refractivity contribution in [2.75, 3.05) is 13.2 Å². The van der Waals surface area contributed by atoms with Crippen molar-refractivity contribution in [1.29, 1.82) is 0 Å². The normalized spacial score (nSPS) is 10.2. The van der Waals surface area contributed by atoms with Gasteiger partial charge in [0.05, 0.1) is 6.54 Å². The zero-order valence-corrected chi connectivity index (χ0v) is 12.8. The van der Waals surface area contributed by atoms with Crippen molar-refractivity contribution in [3.8, 4) is 5.75 Å². The number of para-hydroxylation sites is 1. The molecule has 2 rings (SSSR count). The van der Waals surface area contributed by atoms with E-state index >= 15 is 0 Å². The Kier molecular flexibility index (Phi) is 4.99. The fraction of sp³-hybridized carbons (Fsp3) is 0.278. The van der Waals surface area contributed by atoms with Gasteiger partial charge in [-0.3, -0.25) is 4.79 Å². The molecule has 0 heterocycles. The zero-order chi connectivity index (χ0) is 15.2. The Balaban J connectivity index is 1.82. The Hall–Kier alpha value is -2.29.